The molecule has 0 aliphatic heterocycles. The predicted molar refractivity (Wildman–Crippen MR) is 68.4 cm³/mol. The molecule has 0 saturated carbocycles. The molecule has 0 aliphatic rings. The summed E-state index contributed by atoms with van der Waals surface area (Å²) in [4.78, 5) is 10.3. The van der Waals surface area contributed by atoms with Crippen LogP contribution in [0.5, 0.6) is 0 Å². The number of benzene rings is 2. The molecular weight excluding hydrogens is 196 g/mol. The van der Waals surface area contributed by atoms with E-state index in [0.29, 0.717) is 6.42 Å². The van der Waals surface area contributed by atoms with Gasteiger partial charge < -0.3 is 4.79 Å². The fourth-order valence-corrected chi connectivity index (χ4v) is 1.56. The fraction of sp³-hybridized carbons (Fsp3) is 0.133. The second kappa shape index (κ2) is 5.86. The van der Waals surface area contributed by atoms with Crippen molar-refractivity contribution in [2.75, 3.05) is 0 Å². The maximum Gasteiger partial charge on any atom is 0.124 e. The zero-order chi connectivity index (χ0) is 10.5. The maximum absolute atomic E-state index is 10.3. The Morgan fingerprint density at radius 2 is 1.38 bits per heavy atom. The molecule has 1 heteroatoms. The standard InChI is InChI=1S/C14H12O.CH4/c15-11-10-12-6-8-14(9-7-12)13-4-2-1-3-5-13;/h1-9,11H,10H2;1H4. The maximum atomic E-state index is 10.3. The van der Waals surface area contributed by atoms with Crippen LogP contribution in [-0.4, -0.2) is 6.29 Å². The summed E-state index contributed by atoms with van der Waals surface area (Å²) in [5.41, 5.74) is 3.45. The third-order valence-corrected chi connectivity index (χ3v) is 2.38. The molecule has 0 aromatic heterocycles. The van der Waals surface area contributed by atoms with Crippen molar-refractivity contribution in [1.82, 2.24) is 0 Å². The van der Waals surface area contributed by atoms with Crippen molar-refractivity contribution in [3.63, 3.8) is 0 Å². The first-order valence-electron chi connectivity index (χ1n) is 4.98. The molecule has 1 nitrogen and oxygen atoms in total. The van der Waals surface area contributed by atoms with Gasteiger partial charge in [0.25, 0.3) is 0 Å². The lowest BCUT2D eigenvalue weighted by atomic mass is 10.0. The third-order valence-electron chi connectivity index (χ3n) is 2.38. The van der Waals surface area contributed by atoms with E-state index in [1.165, 1.54) is 11.1 Å². The smallest absolute Gasteiger partial charge is 0.124 e. The summed E-state index contributed by atoms with van der Waals surface area (Å²) in [6.45, 7) is 0. The molecule has 16 heavy (non-hydrogen) atoms. The van der Waals surface area contributed by atoms with E-state index in [1.807, 2.05) is 42.5 Å². The highest BCUT2D eigenvalue weighted by molar-refractivity contribution is 5.64. The van der Waals surface area contributed by atoms with Crippen LogP contribution in [0.2, 0.25) is 0 Å². The number of carbonyl (C=O) groups is 1. The van der Waals surface area contributed by atoms with E-state index >= 15 is 0 Å². The van der Waals surface area contributed by atoms with E-state index in [4.69, 9.17) is 0 Å². The molecule has 0 N–H and O–H groups in total. The highest BCUT2D eigenvalue weighted by Gasteiger charge is 1.96. The average molecular weight is 212 g/mol. The van der Waals surface area contributed by atoms with Crippen molar-refractivity contribution < 1.29 is 4.79 Å². The van der Waals surface area contributed by atoms with Crippen LogP contribution in [0, 0.1) is 0 Å². The third kappa shape index (κ3) is 2.80. The monoisotopic (exact) mass is 212 g/mol. The molecule has 82 valence electrons. The number of aldehydes is 1. The van der Waals surface area contributed by atoms with Crippen LogP contribution in [0.3, 0.4) is 0 Å². The summed E-state index contributed by atoms with van der Waals surface area (Å²) in [7, 11) is 0. The number of hydrogen-bond acceptors (Lipinski definition) is 1. The van der Waals surface area contributed by atoms with Crippen molar-refractivity contribution in [3.05, 3.63) is 60.2 Å². The summed E-state index contributed by atoms with van der Waals surface area (Å²) in [6, 6.07) is 18.3. The topological polar surface area (TPSA) is 17.1 Å². The minimum Gasteiger partial charge on any atom is -0.303 e. The molecular formula is C15H16O. The lowest BCUT2D eigenvalue weighted by Crippen LogP contribution is -1.85. The molecule has 0 heterocycles. The average Bonchev–Trinajstić information content (AvgIpc) is 2.32. The van der Waals surface area contributed by atoms with Crippen molar-refractivity contribution in [2.45, 2.75) is 13.8 Å². The molecule has 0 fully saturated rings. The lowest BCUT2D eigenvalue weighted by molar-refractivity contribution is -0.107. The van der Waals surface area contributed by atoms with Crippen molar-refractivity contribution in [2.24, 2.45) is 0 Å². The second-order valence-corrected chi connectivity index (χ2v) is 3.43. The minimum atomic E-state index is 0. The van der Waals surface area contributed by atoms with Crippen LogP contribution < -0.4 is 0 Å². The number of hydrogen-bond donors (Lipinski definition) is 0. The summed E-state index contributed by atoms with van der Waals surface area (Å²) >= 11 is 0. The van der Waals surface area contributed by atoms with Crippen LogP contribution >= 0.6 is 0 Å². The summed E-state index contributed by atoms with van der Waals surface area (Å²) in [5, 5.41) is 0. The number of rotatable bonds is 3. The Morgan fingerprint density at radius 1 is 0.812 bits per heavy atom. The van der Waals surface area contributed by atoms with Crippen LogP contribution in [0.25, 0.3) is 11.1 Å². The van der Waals surface area contributed by atoms with E-state index in [2.05, 4.69) is 12.1 Å². The lowest BCUT2D eigenvalue weighted by Gasteiger charge is -2.01. The van der Waals surface area contributed by atoms with Gasteiger partial charge in [-0.05, 0) is 16.7 Å². The first-order valence-corrected chi connectivity index (χ1v) is 4.98. The van der Waals surface area contributed by atoms with Crippen molar-refractivity contribution in [3.8, 4) is 11.1 Å². The Balaban J connectivity index is 0.00000128. The predicted octanol–water partition coefficient (Wildman–Crippen LogP) is 3.73. The van der Waals surface area contributed by atoms with Gasteiger partial charge in [-0.2, -0.15) is 0 Å². The van der Waals surface area contributed by atoms with E-state index < -0.39 is 0 Å². The normalized spacial score (nSPS) is 9.25. The van der Waals surface area contributed by atoms with Gasteiger partial charge in [-0.25, -0.2) is 0 Å². The van der Waals surface area contributed by atoms with Gasteiger partial charge in [-0.15, -0.1) is 0 Å². The van der Waals surface area contributed by atoms with Gasteiger partial charge in [-0.1, -0.05) is 62.0 Å². The highest BCUT2D eigenvalue weighted by atomic mass is 16.1. The molecule has 0 saturated heterocycles. The van der Waals surface area contributed by atoms with Gasteiger partial charge in [0.05, 0.1) is 0 Å². The number of carbonyl (C=O) groups excluding carboxylic acids is 1. The quantitative estimate of drug-likeness (QED) is 0.708. The van der Waals surface area contributed by atoms with Gasteiger partial charge in [-0.3, -0.25) is 0 Å². The molecule has 0 atom stereocenters. The van der Waals surface area contributed by atoms with E-state index in [1.54, 1.807) is 0 Å². The Kier molecular flexibility index (Phi) is 4.46. The molecule has 2 aromatic rings. The minimum absolute atomic E-state index is 0. The molecule has 2 aromatic carbocycles. The molecule has 0 unspecified atom stereocenters. The van der Waals surface area contributed by atoms with Crippen molar-refractivity contribution >= 4 is 6.29 Å². The van der Waals surface area contributed by atoms with Crippen LogP contribution in [-0.2, 0) is 11.2 Å². The first-order chi connectivity index (χ1) is 7.40. The van der Waals surface area contributed by atoms with Gasteiger partial charge in [0.15, 0.2) is 0 Å². The highest BCUT2D eigenvalue weighted by Crippen LogP contribution is 2.18. The molecule has 0 bridgehead atoms. The Hall–Kier alpha value is -1.89. The largest absolute Gasteiger partial charge is 0.303 e. The Bertz CT molecular complexity index is 429. The van der Waals surface area contributed by atoms with Crippen LogP contribution in [0.1, 0.15) is 13.0 Å². The zero-order valence-corrected chi connectivity index (χ0v) is 8.39. The van der Waals surface area contributed by atoms with Gasteiger partial charge >= 0.3 is 0 Å². The van der Waals surface area contributed by atoms with Crippen molar-refractivity contribution in [1.29, 1.82) is 0 Å². The second-order valence-electron chi connectivity index (χ2n) is 3.43. The summed E-state index contributed by atoms with van der Waals surface area (Å²) < 4.78 is 0. The van der Waals surface area contributed by atoms with E-state index in [9.17, 15) is 4.79 Å². The van der Waals surface area contributed by atoms with Crippen LogP contribution in [0.4, 0.5) is 0 Å². The molecule has 2 rings (SSSR count). The Morgan fingerprint density at radius 3 is 1.94 bits per heavy atom. The fourth-order valence-electron chi connectivity index (χ4n) is 1.56. The van der Waals surface area contributed by atoms with E-state index in [0.717, 1.165) is 11.8 Å². The summed E-state index contributed by atoms with van der Waals surface area (Å²) in [6.07, 6.45) is 1.42. The molecule has 0 aliphatic carbocycles. The SMILES string of the molecule is C.O=CCc1ccc(-c2ccccc2)cc1. The molecule has 0 spiro atoms. The van der Waals surface area contributed by atoms with Crippen LogP contribution in [0.15, 0.2) is 54.6 Å². The van der Waals surface area contributed by atoms with E-state index in [-0.39, 0.29) is 7.43 Å². The summed E-state index contributed by atoms with van der Waals surface area (Å²) in [5.74, 6) is 0. The Labute approximate surface area is 96.8 Å². The van der Waals surface area contributed by atoms with Gasteiger partial charge in [0, 0.05) is 6.42 Å². The first kappa shape index (κ1) is 12.2. The van der Waals surface area contributed by atoms with Gasteiger partial charge in [0.2, 0.25) is 0 Å². The molecule has 0 radical (unpaired) electrons. The van der Waals surface area contributed by atoms with Gasteiger partial charge in [0.1, 0.15) is 6.29 Å². The zero-order valence-electron chi connectivity index (χ0n) is 8.39. The molecule has 0 amide bonds.